The number of hydrogen-bond donors (Lipinski definition) is 0. The fraction of sp³-hybridized carbons (Fsp3) is 0.417. The average Bonchev–Trinajstić information content (AvgIpc) is 2.28. The Morgan fingerprint density at radius 1 is 1.44 bits per heavy atom. The lowest BCUT2D eigenvalue weighted by Gasteiger charge is -2.16. The maximum atomic E-state index is 12.9. The van der Waals surface area contributed by atoms with Crippen molar-refractivity contribution < 1.29 is 18.3 Å². The van der Waals surface area contributed by atoms with Crippen molar-refractivity contribution in [2.24, 2.45) is 0 Å². The van der Waals surface area contributed by atoms with Gasteiger partial charge in [0, 0.05) is 6.42 Å². The first-order valence-electron chi connectivity index (χ1n) is 5.00. The van der Waals surface area contributed by atoms with E-state index in [2.05, 4.69) is 0 Å². The SMILES string of the molecule is COc1cccc(C(C)CC=O)c1C(F)F. The molecule has 1 atom stereocenters. The van der Waals surface area contributed by atoms with Gasteiger partial charge in [-0.15, -0.1) is 0 Å². The van der Waals surface area contributed by atoms with Crippen LogP contribution in [0, 0.1) is 0 Å². The monoisotopic (exact) mass is 228 g/mol. The van der Waals surface area contributed by atoms with E-state index < -0.39 is 6.43 Å². The lowest BCUT2D eigenvalue weighted by molar-refractivity contribution is -0.108. The first-order chi connectivity index (χ1) is 7.61. The number of carbonyl (C=O) groups excluding carboxylic acids is 1. The summed E-state index contributed by atoms with van der Waals surface area (Å²) < 4.78 is 30.7. The summed E-state index contributed by atoms with van der Waals surface area (Å²) in [5.41, 5.74) is 0.362. The Labute approximate surface area is 93.2 Å². The van der Waals surface area contributed by atoms with E-state index in [-0.39, 0.29) is 23.7 Å². The van der Waals surface area contributed by atoms with E-state index in [1.54, 1.807) is 19.1 Å². The minimum absolute atomic E-state index is 0.112. The maximum Gasteiger partial charge on any atom is 0.267 e. The molecule has 0 saturated heterocycles. The van der Waals surface area contributed by atoms with Gasteiger partial charge in [0.1, 0.15) is 12.0 Å². The van der Waals surface area contributed by atoms with Gasteiger partial charge in [0.15, 0.2) is 0 Å². The summed E-state index contributed by atoms with van der Waals surface area (Å²) in [6.07, 6.45) is -1.63. The molecule has 1 aromatic carbocycles. The topological polar surface area (TPSA) is 26.3 Å². The zero-order valence-electron chi connectivity index (χ0n) is 9.24. The molecule has 0 aliphatic carbocycles. The second kappa shape index (κ2) is 5.58. The van der Waals surface area contributed by atoms with E-state index in [1.807, 2.05) is 0 Å². The summed E-state index contributed by atoms with van der Waals surface area (Å²) in [4.78, 5) is 10.4. The van der Waals surface area contributed by atoms with Crippen molar-refractivity contribution in [3.63, 3.8) is 0 Å². The summed E-state index contributed by atoms with van der Waals surface area (Å²) >= 11 is 0. The van der Waals surface area contributed by atoms with Crippen LogP contribution in [0.4, 0.5) is 8.78 Å². The molecule has 1 unspecified atom stereocenters. The highest BCUT2D eigenvalue weighted by molar-refractivity contribution is 5.53. The Hall–Kier alpha value is -1.45. The Bertz CT molecular complexity index is 364. The predicted octanol–water partition coefficient (Wildman–Crippen LogP) is 3.33. The highest BCUT2D eigenvalue weighted by Gasteiger charge is 2.21. The van der Waals surface area contributed by atoms with Crippen LogP contribution in [0.1, 0.15) is 36.8 Å². The minimum Gasteiger partial charge on any atom is -0.496 e. The van der Waals surface area contributed by atoms with E-state index >= 15 is 0 Å². The molecule has 0 saturated carbocycles. The molecule has 0 N–H and O–H groups in total. The van der Waals surface area contributed by atoms with Crippen molar-refractivity contribution in [2.75, 3.05) is 7.11 Å². The third kappa shape index (κ3) is 2.56. The molecule has 1 aromatic rings. The van der Waals surface area contributed by atoms with Crippen LogP contribution in [0.15, 0.2) is 18.2 Å². The fourth-order valence-corrected chi connectivity index (χ4v) is 1.67. The number of aldehydes is 1. The van der Waals surface area contributed by atoms with Crippen molar-refractivity contribution in [3.05, 3.63) is 29.3 Å². The molecule has 88 valence electrons. The molecular formula is C12H14F2O2. The van der Waals surface area contributed by atoms with Crippen LogP contribution in [-0.2, 0) is 4.79 Å². The Kier molecular flexibility index (Phi) is 4.40. The van der Waals surface area contributed by atoms with Crippen LogP contribution in [0.5, 0.6) is 5.75 Å². The second-order valence-corrected chi connectivity index (χ2v) is 3.57. The number of rotatable bonds is 5. The van der Waals surface area contributed by atoms with Gasteiger partial charge in [0.05, 0.1) is 12.7 Å². The molecule has 0 aliphatic rings. The van der Waals surface area contributed by atoms with Gasteiger partial charge in [-0.25, -0.2) is 8.78 Å². The summed E-state index contributed by atoms with van der Waals surface area (Å²) in [6, 6.07) is 4.76. The van der Waals surface area contributed by atoms with E-state index in [0.717, 1.165) is 6.29 Å². The smallest absolute Gasteiger partial charge is 0.267 e. The first-order valence-corrected chi connectivity index (χ1v) is 5.00. The highest BCUT2D eigenvalue weighted by Crippen LogP contribution is 2.36. The van der Waals surface area contributed by atoms with Gasteiger partial charge < -0.3 is 9.53 Å². The van der Waals surface area contributed by atoms with E-state index in [0.29, 0.717) is 5.56 Å². The number of carbonyl (C=O) groups is 1. The Balaban J connectivity index is 3.21. The standard InChI is InChI=1S/C12H14F2O2/c1-8(6-7-15)9-4-3-5-10(16-2)11(9)12(13)14/h3-5,7-8,12H,6H2,1-2H3. The van der Waals surface area contributed by atoms with E-state index in [9.17, 15) is 13.6 Å². The van der Waals surface area contributed by atoms with Gasteiger partial charge in [-0.1, -0.05) is 19.1 Å². The van der Waals surface area contributed by atoms with Crippen molar-refractivity contribution in [1.29, 1.82) is 0 Å². The number of hydrogen-bond acceptors (Lipinski definition) is 2. The summed E-state index contributed by atoms with van der Waals surface area (Å²) in [7, 11) is 1.36. The lowest BCUT2D eigenvalue weighted by atomic mass is 9.93. The summed E-state index contributed by atoms with van der Waals surface area (Å²) in [5, 5.41) is 0. The Morgan fingerprint density at radius 3 is 2.62 bits per heavy atom. The molecule has 0 bridgehead atoms. The van der Waals surface area contributed by atoms with E-state index in [4.69, 9.17) is 4.74 Å². The molecule has 1 rings (SSSR count). The largest absolute Gasteiger partial charge is 0.496 e. The lowest BCUT2D eigenvalue weighted by Crippen LogP contribution is -2.03. The highest BCUT2D eigenvalue weighted by atomic mass is 19.3. The predicted molar refractivity (Wildman–Crippen MR) is 57.0 cm³/mol. The molecule has 0 fully saturated rings. The zero-order chi connectivity index (χ0) is 12.1. The quantitative estimate of drug-likeness (QED) is 0.722. The number of halogens is 2. The third-order valence-electron chi connectivity index (χ3n) is 2.52. The molecule has 0 aromatic heterocycles. The van der Waals surface area contributed by atoms with Crippen molar-refractivity contribution in [1.82, 2.24) is 0 Å². The molecule has 2 nitrogen and oxygen atoms in total. The van der Waals surface area contributed by atoms with Gasteiger partial charge >= 0.3 is 0 Å². The molecule has 4 heteroatoms. The maximum absolute atomic E-state index is 12.9. The van der Waals surface area contributed by atoms with Crippen LogP contribution >= 0.6 is 0 Å². The summed E-state index contributed by atoms with van der Waals surface area (Å²) in [5.74, 6) is -0.0538. The molecule has 0 spiro atoms. The third-order valence-corrected chi connectivity index (χ3v) is 2.52. The van der Waals surface area contributed by atoms with Gasteiger partial charge in [0.25, 0.3) is 6.43 Å². The number of ether oxygens (including phenoxy) is 1. The van der Waals surface area contributed by atoms with Crippen LogP contribution in [0.25, 0.3) is 0 Å². The van der Waals surface area contributed by atoms with Gasteiger partial charge in [0.2, 0.25) is 0 Å². The van der Waals surface area contributed by atoms with Gasteiger partial charge in [-0.2, -0.15) is 0 Å². The van der Waals surface area contributed by atoms with E-state index in [1.165, 1.54) is 13.2 Å². The molecule has 0 amide bonds. The molecule has 0 aliphatic heterocycles. The number of methoxy groups -OCH3 is 1. The zero-order valence-corrected chi connectivity index (χ0v) is 9.24. The van der Waals surface area contributed by atoms with Crippen LogP contribution in [-0.4, -0.2) is 13.4 Å². The molecule has 0 heterocycles. The van der Waals surface area contributed by atoms with Gasteiger partial charge in [-0.3, -0.25) is 0 Å². The minimum atomic E-state index is -2.60. The van der Waals surface area contributed by atoms with Gasteiger partial charge in [-0.05, 0) is 17.5 Å². The number of benzene rings is 1. The molecular weight excluding hydrogens is 214 g/mol. The van der Waals surface area contributed by atoms with Crippen LogP contribution < -0.4 is 4.74 Å². The van der Waals surface area contributed by atoms with Crippen molar-refractivity contribution >= 4 is 6.29 Å². The first kappa shape index (κ1) is 12.6. The summed E-state index contributed by atoms with van der Waals surface area (Å²) in [6.45, 7) is 1.75. The van der Waals surface area contributed by atoms with Crippen LogP contribution in [0.2, 0.25) is 0 Å². The van der Waals surface area contributed by atoms with Crippen molar-refractivity contribution in [2.45, 2.75) is 25.7 Å². The fourth-order valence-electron chi connectivity index (χ4n) is 1.67. The van der Waals surface area contributed by atoms with Crippen molar-refractivity contribution in [3.8, 4) is 5.75 Å². The van der Waals surface area contributed by atoms with Crippen LogP contribution in [0.3, 0.4) is 0 Å². The molecule has 0 radical (unpaired) electrons. The number of alkyl halides is 2. The molecule has 16 heavy (non-hydrogen) atoms. The second-order valence-electron chi connectivity index (χ2n) is 3.57. The average molecular weight is 228 g/mol. The Morgan fingerprint density at radius 2 is 2.12 bits per heavy atom. The normalized spacial score (nSPS) is 12.6.